The van der Waals surface area contributed by atoms with E-state index in [0.29, 0.717) is 6.54 Å². The molecule has 2 amide bonds. The van der Waals surface area contributed by atoms with Crippen LogP contribution in [0.25, 0.3) is 6.08 Å². The molecule has 0 heterocycles. The molecule has 0 aromatic heterocycles. The van der Waals surface area contributed by atoms with E-state index in [1.165, 1.54) is 5.56 Å². The van der Waals surface area contributed by atoms with Gasteiger partial charge in [0, 0.05) is 12.7 Å². The maximum atomic E-state index is 11.0. The van der Waals surface area contributed by atoms with Crippen LogP contribution < -0.4 is 10.6 Å². The first-order chi connectivity index (χ1) is 7.22. The highest BCUT2D eigenvalue weighted by Gasteiger charge is 1.91. The Hall–Kier alpha value is -1.77. The van der Waals surface area contributed by atoms with Gasteiger partial charge >= 0.3 is 6.03 Å². The zero-order valence-corrected chi connectivity index (χ0v) is 9.08. The average molecular weight is 204 g/mol. The quantitative estimate of drug-likeness (QED) is 0.779. The highest BCUT2D eigenvalue weighted by molar-refractivity contribution is 5.75. The molecule has 0 aliphatic heterocycles. The van der Waals surface area contributed by atoms with E-state index in [1.54, 1.807) is 6.20 Å². The van der Waals surface area contributed by atoms with Gasteiger partial charge in [0.2, 0.25) is 0 Å². The lowest BCUT2D eigenvalue weighted by Crippen LogP contribution is -2.31. The summed E-state index contributed by atoms with van der Waals surface area (Å²) in [4.78, 5) is 11.0. The number of aryl methyl sites for hydroxylation is 1. The molecule has 0 radical (unpaired) electrons. The summed E-state index contributed by atoms with van der Waals surface area (Å²) in [7, 11) is 0. The molecule has 1 aromatic rings. The molecule has 0 saturated carbocycles. The van der Waals surface area contributed by atoms with E-state index >= 15 is 0 Å². The van der Waals surface area contributed by atoms with Crippen molar-refractivity contribution in [2.75, 3.05) is 6.54 Å². The topological polar surface area (TPSA) is 41.1 Å². The largest absolute Gasteiger partial charge is 0.338 e. The Kier molecular flexibility index (Phi) is 4.41. The number of carbonyl (C=O) groups excluding carboxylic acids is 1. The number of urea groups is 1. The summed E-state index contributed by atoms with van der Waals surface area (Å²) in [6.45, 7) is 4.55. The summed E-state index contributed by atoms with van der Waals surface area (Å²) < 4.78 is 0. The van der Waals surface area contributed by atoms with Crippen LogP contribution in [0.4, 0.5) is 4.79 Å². The third kappa shape index (κ3) is 4.31. The number of amides is 2. The van der Waals surface area contributed by atoms with E-state index in [1.807, 2.05) is 44.2 Å². The van der Waals surface area contributed by atoms with E-state index in [9.17, 15) is 4.79 Å². The Morgan fingerprint density at radius 1 is 1.33 bits per heavy atom. The van der Waals surface area contributed by atoms with Crippen LogP contribution in [0.5, 0.6) is 0 Å². The van der Waals surface area contributed by atoms with E-state index in [0.717, 1.165) is 5.56 Å². The molecule has 1 rings (SSSR count). The van der Waals surface area contributed by atoms with Crippen LogP contribution in [0.2, 0.25) is 0 Å². The average Bonchev–Trinajstić information content (AvgIpc) is 2.21. The van der Waals surface area contributed by atoms with Gasteiger partial charge in [0.25, 0.3) is 0 Å². The molecule has 2 N–H and O–H groups in total. The summed E-state index contributed by atoms with van der Waals surface area (Å²) in [5.74, 6) is 0. The fraction of sp³-hybridized carbons (Fsp3) is 0.250. The summed E-state index contributed by atoms with van der Waals surface area (Å²) in [6.07, 6.45) is 3.49. The van der Waals surface area contributed by atoms with E-state index in [2.05, 4.69) is 10.6 Å². The normalized spacial score (nSPS) is 10.3. The van der Waals surface area contributed by atoms with Crippen molar-refractivity contribution in [3.8, 4) is 0 Å². The van der Waals surface area contributed by atoms with Gasteiger partial charge in [0.15, 0.2) is 0 Å². The summed E-state index contributed by atoms with van der Waals surface area (Å²) in [6, 6.07) is 7.90. The Morgan fingerprint density at radius 3 is 2.60 bits per heavy atom. The van der Waals surface area contributed by atoms with Crippen molar-refractivity contribution in [2.24, 2.45) is 0 Å². The molecule has 80 valence electrons. The second-order valence-corrected chi connectivity index (χ2v) is 3.25. The Bertz CT molecular complexity index is 341. The van der Waals surface area contributed by atoms with Gasteiger partial charge in [-0.05, 0) is 25.5 Å². The smallest absolute Gasteiger partial charge is 0.318 e. The number of carbonyl (C=O) groups is 1. The van der Waals surface area contributed by atoms with Gasteiger partial charge in [-0.15, -0.1) is 0 Å². The predicted octanol–water partition coefficient (Wildman–Crippen LogP) is 2.28. The molecule has 0 bridgehead atoms. The number of benzene rings is 1. The third-order valence-corrected chi connectivity index (χ3v) is 1.90. The first kappa shape index (κ1) is 11.3. The molecular weight excluding hydrogens is 188 g/mol. The molecule has 3 nitrogen and oxygen atoms in total. The van der Waals surface area contributed by atoms with Crippen molar-refractivity contribution in [3.63, 3.8) is 0 Å². The van der Waals surface area contributed by atoms with Gasteiger partial charge in [0.05, 0.1) is 0 Å². The Morgan fingerprint density at radius 2 is 2.00 bits per heavy atom. The van der Waals surface area contributed by atoms with Crippen LogP contribution in [0, 0.1) is 6.92 Å². The lowest BCUT2D eigenvalue weighted by molar-refractivity contribution is 0.244. The Labute approximate surface area is 90.2 Å². The van der Waals surface area contributed by atoms with Crippen LogP contribution in [-0.4, -0.2) is 12.6 Å². The molecule has 0 aliphatic carbocycles. The molecule has 0 atom stereocenters. The third-order valence-electron chi connectivity index (χ3n) is 1.90. The van der Waals surface area contributed by atoms with Crippen molar-refractivity contribution < 1.29 is 4.79 Å². The number of nitrogens with one attached hydrogen (secondary N) is 2. The highest BCUT2D eigenvalue weighted by atomic mass is 16.2. The van der Waals surface area contributed by atoms with Gasteiger partial charge < -0.3 is 10.6 Å². The minimum Gasteiger partial charge on any atom is -0.338 e. The van der Waals surface area contributed by atoms with Gasteiger partial charge in [-0.25, -0.2) is 4.79 Å². The molecule has 3 heteroatoms. The van der Waals surface area contributed by atoms with E-state index in [4.69, 9.17) is 0 Å². The Balaban J connectivity index is 2.44. The van der Waals surface area contributed by atoms with Crippen molar-refractivity contribution in [2.45, 2.75) is 13.8 Å². The zero-order chi connectivity index (χ0) is 11.1. The maximum Gasteiger partial charge on any atom is 0.318 e. The van der Waals surface area contributed by atoms with Crippen LogP contribution >= 0.6 is 0 Å². The zero-order valence-electron chi connectivity index (χ0n) is 9.08. The van der Waals surface area contributed by atoms with E-state index in [-0.39, 0.29) is 6.03 Å². The number of rotatable bonds is 3. The van der Waals surface area contributed by atoms with Crippen molar-refractivity contribution in [3.05, 3.63) is 41.6 Å². The second-order valence-electron chi connectivity index (χ2n) is 3.25. The number of hydrogen-bond donors (Lipinski definition) is 2. The molecular formula is C12H16N2O. The van der Waals surface area contributed by atoms with Crippen molar-refractivity contribution in [1.82, 2.24) is 10.6 Å². The first-order valence-electron chi connectivity index (χ1n) is 5.00. The number of hydrogen-bond acceptors (Lipinski definition) is 1. The van der Waals surface area contributed by atoms with Crippen LogP contribution in [0.15, 0.2) is 30.5 Å². The summed E-state index contributed by atoms with van der Waals surface area (Å²) in [5, 5.41) is 5.26. The monoisotopic (exact) mass is 204 g/mol. The van der Waals surface area contributed by atoms with Crippen molar-refractivity contribution >= 4 is 12.1 Å². The standard InChI is InChI=1S/C12H16N2O/c1-3-13-12(15)14-9-8-11-6-4-10(2)5-7-11/h4-9H,3H2,1-2H3,(H2,13,14,15)/b9-8+. The fourth-order valence-electron chi connectivity index (χ4n) is 1.10. The lowest BCUT2D eigenvalue weighted by Gasteiger charge is -1.99. The predicted molar refractivity (Wildman–Crippen MR) is 62.4 cm³/mol. The minimum absolute atomic E-state index is 0.180. The molecule has 0 aliphatic rings. The minimum atomic E-state index is -0.180. The van der Waals surface area contributed by atoms with Crippen LogP contribution in [0.3, 0.4) is 0 Å². The SMILES string of the molecule is CCNC(=O)N/C=C/c1ccc(C)cc1. The summed E-state index contributed by atoms with van der Waals surface area (Å²) in [5.41, 5.74) is 2.29. The first-order valence-corrected chi connectivity index (χ1v) is 5.00. The lowest BCUT2D eigenvalue weighted by atomic mass is 10.1. The van der Waals surface area contributed by atoms with Gasteiger partial charge in [-0.1, -0.05) is 29.8 Å². The second kappa shape index (κ2) is 5.86. The van der Waals surface area contributed by atoms with Crippen LogP contribution in [0.1, 0.15) is 18.1 Å². The van der Waals surface area contributed by atoms with Crippen molar-refractivity contribution in [1.29, 1.82) is 0 Å². The van der Waals surface area contributed by atoms with Gasteiger partial charge in [-0.3, -0.25) is 0 Å². The molecule has 0 fully saturated rings. The highest BCUT2D eigenvalue weighted by Crippen LogP contribution is 2.03. The van der Waals surface area contributed by atoms with E-state index < -0.39 is 0 Å². The van der Waals surface area contributed by atoms with Crippen LogP contribution in [-0.2, 0) is 0 Å². The molecule has 15 heavy (non-hydrogen) atoms. The fourth-order valence-corrected chi connectivity index (χ4v) is 1.10. The maximum absolute atomic E-state index is 11.0. The van der Waals surface area contributed by atoms with Gasteiger partial charge in [0.1, 0.15) is 0 Å². The molecule has 1 aromatic carbocycles. The summed E-state index contributed by atoms with van der Waals surface area (Å²) >= 11 is 0. The molecule has 0 spiro atoms. The molecule has 0 saturated heterocycles. The molecule has 0 unspecified atom stereocenters. The van der Waals surface area contributed by atoms with Gasteiger partial charge in [-0.2, -0.15) is 0 Å².